The Balaban J connectivity index is 1.34. The van der Waals surface area contributed by atoms with Crippen molar-refractivity contribution in [2.75, 3.05) is 23.3 Å². The highest BCUT2D eigenvalue weighted by molar-refractivity contribution is 8.00. The van der Waals surface area contributed by atoms with Crippen LogP contribution < -0.4 is 16.0 Å². The number of carbonyl (C=O) groups is 2. The zero-order chi connectivity index (χ0) is 29.6. The molecule has 0 saturated carbocycles. The van der Waals surface area contributed by atoms with Gasteiger partial charge in [-0.1, -0.05) is 49.2 Å². The topological polar surface area (TPSA) is 103 Å². The summed E-state index contributed by atoms with van der Waals surface area (Å²) in [5.74, 6) is -0.187. The highest BCUT2D eigenvalue weighted by Gasteiger charge is 2.35. The van der Waals surface area contributed by atoms with Gasteiger partial charge < -0.3 is 16.0 Å². The van der Waals surface area contributed by atoms with Crippen molar-refractivity contribution in [2.45, 2.75) is 74.6 Å². The van der Waals surface area contributed by atoms with E-state index in [1.807, 2.05) is 59.5 Å². The molecule has 3 atom stereocenters. The van der Waals surface area contributed by atoms with Crippen molar-refractivity contribution >= 4 is 40.8 Å². The largest absolute Gasteiger partial charge is 0.384 e. The van der Waals surface area contributed by atoms with Crippen LogP contribution in [0.1, 0.15) is 79.1 Å². The molecule has 2 aliphatic heterocycles. The van der Waals surface area contributed by atoms with Crippen LogP contribution in [0.5, 0.6) is 0 Å². The second-order valence-electron chi connectivity index (χ2n) is 11.5. The zero-order valence-corrected chi connectivity index (χ0v) is 25.3. The third-order valence-electron chi connectivity index (χ3n) is 8.45. The van der Waals surface area contributed by atoms with Crippen LogP contribution in [0.15, 0.2) is 77.7 Å². The molecule has 42 heavy (non-hydrogen) atoms. The fourth-order valence-corrected chi connectivity index (χ4v) is 7.30. The average Bonchev–Trinajstić information content (AvgIpc) is 2.99. The fraction of sp³-hybridized carbons (Fsp3) is 0.382. The molecule has 1 unspecified atom stereocenters. The highest BCUT2D eigenvalue weighted by atomic mass is 32.2. The van der Waals surface area contributed by atoms with E-state index in [1.165, 1.54) is 31.0 Å². The number of nitrogens with one attached hydrogen (secondary N) is 2. The Kier molecular flexibility index (Phi) is 9.65. The molecule has 220 valence electrons. The highest BCUT2D eigenvalue weighted by Crippen LogP contribution is 2.47. The lowest BCUT2D eigenvalue weighted by atomic mass is 9.97. The monoisotopic (exact) mass is 583 g/mol. The first-order valence-electron chi connectivity index (χ1n) is 15.0. The minimum atomic E-state index is -0.434. The molecular weight excluding hydrogens is 542 g/mol. The maximum atomic E-state index is 14.0. The van der Waals surface area contributed by atoms with Gasteiger partial charge in [-0.15, -0.1) is 11.8 Å². The van der Waals surface area contributed by atoms with Crippen molar-refractivity contribution < 1.29 is 9.59 Å². The van der Waals surface area contributed by atoms with Gasteiger partial charge in [0.15, 0.2) is 0 Å². The van der Waals surface area contributed by atoms with E-state index in [2.05, 4.69) is 24.1 Å². The number of thioether (sulfide) groups is 1. The fourth-order valence-electron chi connectivity index (χ4n) is 6.10. The van der Waals surface area contributed by atoms with Gasteiger partial charge in [0.2, 0.25) is 5.91 Å². The van der Waals surface area contributed by atoms with Crippen LogP contribution in [0.25, 0.3) is 0 Å². The Morgan fingerprint density at radius 2 is 1.64 bits per heavy atom. The normalized spacial score (nSPS) is 20.7. The maximum Gasteiger partial charge on any atom is 0.255 e. The standard InChI is InChI=1S/C34H41N5O2S/c1-23-11-9-12-24(2)38(23)19-7-4-8-20-39-29-22-28(37-33(40)25-13-5-3-6-14-25)17-18-30(29)42-31(34(39)41)26-15-10-16-27(21-26)32(35)36/h3,5-6,10,13-18,21-24,31H,4,7-9,11-12,19-20H2,1-2H3,(H3,35,36)(H,37,40)/t23-,24+,31?. The van der Waals surface area contributed by atoms with E-state index >= 15 is 0 Å². The Hall–Kier alpha value is -3.62. The molecular formula is C34H41N5O2S. The number of nitrogens with zero attached hydrogens (tertiary/aromatic N) is 2. The molecule has 3 aromatic carbocycles. The Bertz CT molecular complexity index is 1420. The van der Waals surface area contributed by atoms with E-state index in [1.54, 1.807) is 18.2 Å². The van der Waals surface area contributed by atoms with Crippen LogP contribution in [0.3, 0.4) is 0 Å². The number of likely N-dealkylation sites (tertiary alicyclic amines) is 1. The molecule has 0 spiro atoms. The molecule has 7 nitrogen and oxygen atoms in total. The van der Waals surface area contributed by atoms with Gasteiger partial charge in [0.05, 0.1) is 5.69 Å². The van der Waals surface area contributed by atoms with E-state index in [0.29, 0.717) is 35.4 Å². The van der Waals surface area contributed by atoms with Crippen molar-refractivity contribution in [1.82, 2.24) is 4.90 Å². The van der Waals surface area contributed by atoms with Crippen LogP contribution in [-0.2, 0) is 4.79 Å². The number of rotatable bonds is 10. The summed E-state index contributed by atoms with van der Waals surface area (Å²) in [6.07, 6.45) is 6.91. The molecule has 3 aromatic rings. The number of amidine groups is 1. The first-order valence-corrected chi connectivity index (χ1v) is 15.9. The molecule has 2 aliphatic rings. The summed E-state index contributed by atoms with van der Waals surface area (Å²) < 4.78 is 0. The molecule has 2 heterocycles. The Morgan fingerprint density at radius 1 is 0.929 bits per heavy atom. The van der Waals surface area contributed by atoms with Crippen molar-refractivity contribution in [2.24, 2.45) is 5.73 Å². The van der Waals surface area contributed by atoms with Gasteiger partial charge in [0.1, 0.15) is 11.1 Å². The summed E-state index contributed by atoms with van der Waals surface area (Å²) in [7, 11) is 0. The third kappa shape index (κ3) is 6.88. The second-order valence-corrected chi connectivity index (χ2v) is 12.6. The summed E-state index contributed by atoms with van der Waals surface area (Å²) in [5, 5.41) is 10.4. The number of carbonyl (C=O) groups excluding carboxylic acids is 2. The molecule has 2 amide bonds. The minimum Gasteiger partial charge on any atom is -0.384 e. The van der Waals surface area contributed by atoms with Gasteiger partial charge in [-0.3, -0.25) is 19.9 Å². The van der Waals surface area contributed by atoms with E-state index in [0.717, 1.165) is 42.0 Å². The van der Waals surface area contributed by atoms with Gasteiger partial charge >= 0.3 is 0 Å². The number of unbranched alkanes of at least 4 members (excludes halogenated alkanes) is 2. The molecule has 5 rings (SSSR count). The van der Waals surface area contributed by atoms with Gasteiger partial charge in [-0.05, 0) is 88.0 Å². The second kappa shape index (κ2) is 13.6. The number of piperidine rings is 1. The number of anilines is 2. The lowest BCUT2D eigenvalue weighted by molar-refractivity contribution is -0.118. The van der Waals surface area contributed by atoms with Gasteiger partial charge in [-0.25, -0.2) is 0 Å². The Morgan fingerprint density at radius 3 is 2.38 bits per heavy atom. The van der Waals surface area contributed by atoms with Crippen molar-refractivity contribution in [3.63, 3.8) is 0 Å². The zero-order valence-electron chi connectivity index (χ0n) is 24.5. The van der Waals surface area contributed by atoms with Crippen molar-refractivity contribution in [3.05, 3.63) is 89.5 Å². The number of hydrogen-bond donors (Lipinski definition) is 3. The van der Waals surface area contributed by atoms with Crippen LogP contribution in [0, 0.1) is 5.41 Å². The van der Waals surface area contributed by atoms with Crippen LogP contribution in [0.4, 0.5) is 11.4 Å². The number of hydrogen-bond acceptors (Lipinski definition) is 5. The number of fused-ring (bicyclic) bond motifs is 1. The van der Waals surface area contributed by atoms with Gasteiger partial charge in [-0.2, -0.15) is 0 Å². The summed E-state index contributed by atoms with van der Waals surface area (Å²) in [4.78, 5) is 32.4. The molecule has 0 radical (unpaired) electrons. The van der Waals surface area contributed by atoms with Gasteiger partial charge in [0, 0.05) is 40.3 Å². The summed E-state index contributed by atoms with van der Waals surface area (Å²) >= 11 is 1.51. The number of benzene rings is 3. The van der Waals surface area contributed by atoms with Crippen LogP contribution in [-0.4, -0.2) is 47.7 Å². The molecule has 1 fully saturated rings. The Labute approximate surface area is 253 Å². The van der Waals surface area contributed by atoms with Crippen molar-refractivity contribution in [1.29, 1.82) is 5.41 Å². The quantitative estimate of drug-likeness (QED) is 0.138. The lowest BCUT2D eigenvalue weighted by Crippen LogP contribution is -2.44. The first kappa shape index (κ1) is 29.9. The van der Waals surface area contributed by atoms with E-state index < -0.39 is 5.25 Å². The molecule has 4 N–H and O–H groups in total. The molecule has 0 bridgehead atoms. The number of nitrogen functional groups attached to an aromatic ring is 1. The minimum absolute atomic E-state index is 0.0120. The predicted octanol–water partition coefficient (Wildman–Crippen LogP) is 6.84. The first-order chi connectivity index (χ1) is 20.3. The van der Waals surface area contributed by atoms with Crippen LogP contribution >= 0.6 is 11.8 Å². The summed E-state index contributed by atoms with van der Waals surface area (Å²) in [6.45, 7) is 6.38. The predicted molar refractivity (Wildman–Crippen MR) is 173 cm³/mol. The number of amides is 2. The summed E-state index contributed by atoms with van der Waals surface area (Å²) in [6, 6.07) is 23.6. The summed E-state index contributed by atoms with van der Waals surface area (Å²) in [5.41, 5.74) is 9.27. The van der Waals surface area contributed by atoms with E-state index in [-0.39, 0.29) is 17.6 Å². The number of nitrogens with two attached hydrogens (primary N) is 1. The van der Waals surface area contributed by atoms with Crippen LogP contribution in [0.2, 0.25) is 0 Å². The average molecular weight is 584 g/mol. The van der Waals surface area contributed by atoms with E-state index in [4.69, 9.17) is 11.1 Å². The molecule has 0 aliphatic carbocycles. The van der Waals surface area contributed by atoms with Crippen molar-refractivity contribution in [3.8, 4) is 0 Å². The molecule has 8 heteroatoms. The third-order valence-corrected chi connectivity index (χ3v) is 9.76. The molecule has 1 saturated heterocycles. The maximum absolute atomic E-state index is 14.0. The smallest absolute Gasteiger partial charge is 0.255 e. The van der Waals surface area contributed by atoms with Gasteiger partial charge in [0.25, 0.3) is 5.91 Å². The van der Waals surface area contributed by atoms with E-state index in [9.17, 15) is 9.59 Å². The lowest BCUT2D eigenvalue weighted by Gasteiger charge is -2.39. The molecule has 0 aromatic heterocycles. The SMILES string of the molecule is C[C@@H]1CCC[C@H](C)N1CCCCCN1C(=O)C(c2cccc(C(=N)N)c2)Sc2ccc(NC(=O)c3ccccc3)cc21.